The van der Waals surface area contributed by atoms with Gasteiger partial charge in [0.05, 0.1) is 12.4 Å². The molecule has 0 aliphatic carbocycles. The van der Waals surface area contributed by atoms with Gasteiger partial charge in [-0.2, -0.15) is 0 Å². The van der Waals surface area contributed by atoms with Crippen molar-refractivity contribution in [2.75, 3.05) is 46.9 Å². The highest BCUT2D eigenvalue weighted by atomic mass is 16.5. The van der Waals surface area contributed by atoms with Gasteiger partial charge in [0.15, 0.2) is 0 Å². The van der Waals surface area contributed by atoms with Crippen LogP contribution in [-0.2, 0) is 4.74 Å². The first kappa shape index (κ1) is 12.5. The molecule has 0 aromatic rings. The van der Waals surface area contributed by atoms with Crippen molar-refractivity contribution in [2.24, 2.45) is 4.99 Å². The van der Waals surface area contributed by atoms with E-state index >= 15 is 0 Å². The van der Waals surface area contributed by atoms with E-state index in [-0.39, 0.29) is 0 Å². The van der Waals surface area contributed by atoms with Crippen molar-refractivity contribution in [3.8, 4) is 0 Å². The van der Waals surface area contributed by atoms with Gasteiger partial charge in [-0.05, 0) is 19.9 Å². The van der Waals surface area contributed by atoms with Crippen LogP contribution in [-0.4, -0.2) is 57.7 Å². The molecule has 1 aliphatic rings. The van der Waals surface area contributed by atoms with Gasteiger partial charge in [-0.3, -0.25) is 4.99 Å². The molecule has 0 radical (unpaired) electrons. The molecule has 0 saturated heterocycles. The lowest BCUT2D eigenvalue weighted by Crippen LogP contribution is -2.35. The van der Waals surface area contributed by atoms with Crippen molar-refractivity contribution in [2.45, 2.75) is 19.3 Å². The minimum atomic E-state index is 0.803. The van der Waals surface area contributed by atoms with Crippen molar-refractivity contribution < 1.29 is 4.74 Å². The van der Waals surface area contributed by atoms with E-state index in [1.54, 1.807) is 7.11 Å². The summed E-state index contributed by atoms with van der Waals surface area (Å²) in [5.74, 6) is 1.20. The molecule has 1 rings (SSSR count). The maximum Gasteiger partial charge on any atom is 0.0963 e. The largest absolute Gasteiger partial charge is 0.383 e. The molecule has 0 bridgehead atoms. The van der Waals surface area contributed by atoms with Crippen molar-refractivity contribution in [3.63, 3.8) is 0 Å². The van der Waals surface area contributed by atoms with Crippen LogP contribution in [0.4, 0.5) is 0 Å². The van der Waals surface area contributed by atoms with E-state index in [9.17, 15) is 0 Å². The highest BCUT2D eigenvalue weighted by Crippen LogP contribution is 2.03. The predicted molar refractivity (Wildman–Crippen MR) is 63.5 cm³/mol. The van der Waals surface area contributed by atoms with E-state index in [0.29, 0.717) is 0 Å². The van der Waals surface area contributed by atoms with Crippen LogP contribution in [0.3, 0.4) is 0 Å². The SMILES string of the molecule is COCCN(C)CCNC1=NCCCC1. The van der Waals surface area contributed by atoms with Crippen LogP contribution in [0.25, 0.3) is 0 Å². The number of nitrogens with one attached hydrogen (secondary N) is 1. The Kier molecular flexibility index (Phi) is 6.36. The number of hydrogen-bond acceptors (Lipinski definition) is 4. The van der Waals surface area contributed by atoms with Crippen molar-refractivity contribution >= 4 is 5.84 Å². The number of amidine groups is 1. The molecule has 0 spiro atoms. The zero-order chi connectivity index (χ0) is 10.9. The molecule has 1 aliphatic heterocycles. The Morgan fingerprint density at radius 3 is 2.93 bits per heavy atom. The van der Waals surface area contributed by atoms with Crippen molar-refractivity contribution in [1.82, 2.24) is 10.2 Å². The van der Waals surface area contributed by atoms with E-state index in [4.69, 9.17) is 4.74 Å². The lowest BCUT2D eigenvalue weighted by molar-refractivity contribution is 0.162. The summed E-state index contributed by atoms with van der Waals surface area (Å²) in [7, 11) is 3.85. The number of rotatable bonds is 6. The highest BCUT2D eigenvalue weighted by molar-refractivity contribution is 5.82. The van der Waals surface area contributed by atoms with Gasteiger partial charge in [-0.15, -0.1) is 0 Å². The molecule has 15 heavy (non-hydrogen) atoms. The third-order valence-electron chi connectivity index (χ3n) is 2.62. The Bertz CT molecular complexity index is 194. The van der Waals surface area contributed by atoms with Crippen LogP contribution in [0.15, 0.2) is 4.99 Å². The molecule has 1 heterocycles. The number of likely N-dealkylation sites (N-methyl/N-ethyl adjacent to an activating group) is 1. The van der Waals surface area contributed by atoms with Gasteiger partial charge in [0.1, 0.15) is 0 Å². The molecule has 0 fully saturated rings. The van der Waals surface area contributed by atoms with Crippen molar-refractivity contribution in [3.05, 3.63) is 0 Å². The molecule has 1 N–H and O–H groups in total. The van der Waals surface area contributed by atoms with Crippen molar-refractivity contribution in [1.29, 1.82) is 0 Å². The Balaban J connectivity index is 2.02. The fourth-order valence-corrected chi connectivity index (χ4v) is 1.59. The van der Waals surface area contributed by atoms with Gasteiger partial charge < -0.3 is 15.0 Å². The van der Waals surface area contributed by atoms with Crippen LogP contribution in [0.1, 0.15) is 19.3 Å². The molecule has 0 amide bonds. The monoisotopic (exact) mass is 213 g/mol. The van der Waals surface area contributed by atoms with E-state index in [1.807, 2.05) is 0 Å². The maximum absolute atomic E-state index is 5.02. The summed E-state index contributed by atoms with van der Waals surface area (Å²) in [4.78, 5) is 6.71. The average Bonchev–Trinajstić information content (AvgIpc) is 2.28. The Morgan fingerprint density at radius 1 is 1.40 bits per heavy atom. The third kappa shape index (κ3) is 5.74. The normalized spacial score (nSPS) is 16.6. The summed E-state index contributed by atoms with van der Waals surface area (Å²) in [5, 5.41) is 3.40. The second-order valence-corrected chi connectivity index (χ2v) is 4.01. The van der Waals surface area contributed by atoms with Gasteiger partial charge in [-0.1, -0.05) is 0 Å². The van der Waals surface area contributed by atoms with E-state index in [2.05, 4.69) is 22.3 Å². The number of methoxy groups -OCH3 is 1. The minimum Gasteiger partial charge on any atom is -0.383 e. The predicted octanol–water partition coefficient (Wildman–Crippen LogP) is 0.737. The third-order valence-corrected chi connectivity index (χ3v) is 2.62. The van der Waals surface area contributed by atoms with Gasteiger partial charge in [0.2, 0.25) is 0 Å². The number of hydrogen-bond donors (Lipinski definition) is 1. The lowest BCUT2D eigenvalue weighted by Gasteiger charge is -2.18. The summed E-state index contributed by atoms with van der Waals surface area (Å²) >= 11 is 0. The number of nitrogens with zero attached hydrogens (tertiary/aromatic N) is 2. The molecule has 0 atom stereocenters. The summed E-state index contributed by atoms with van der Waals surface area (Å²) in [6.07, 6.45) is 3.66. The first-order chi connectivity index (χ1) is 7.33. The first-order valence-electron chi connectivity index (χ1n) is 5.77. The lowest BCUT2D eigenvalue weighted by atomic mass is 10.2. The summed E-state index contributed by atoms with van der Waals surface area (Å²) in [6, 6.07) is 0. The van der Waals surface area contributed by atoms with Crippen LogP contribution in [0.2, 0.25) is 0 Å². The number of ether oxygens (including phenoxy) is 1. The van der Waals surface area contributed by atoms with Crippen LogP contribution in [0, 0.1) is 0 Å². The van der Waals surface area contributed by atoms with Gasteiger partial charge in [0.25, 0.3) is 0 Å². The summed E-state index contributed by atoms with van der Waals surface area (Å²) in [5.41, 5.74) is 0. The van der Waals surface area contributed by atoms with Gasteiger partial charge in [-0.25, -0.2) is 0 Å². The zero-order valence-corrected chi connectivity index (χ0v) is 9.96. The molecule has 0 aromatic carbocycles. The Morgan fingerprint density at radius 2 is 2.27 bits per heavy atom. The topological polar surface area (TPSA) is 36.9 Å². The van der Waals surface area contributed by atoms with Crippen LogP contribution < -0.4 is 5.32 Å². The molecule has 4 nitrogen and oxygen atoms in total. The average molecular weight is 213 g/mol. The summed E-state index contributed by atoms with van der Waals surface area (Å²) in [6.45, 7) is 4.82. The Hall–Kier alpha value is -0.610. The zero-order valence-electron chi connectivity index (χ0n) is 9.96. The molecule has 88 valence electrons. The van der Waals surface area contributed by atoms with E-state index in [1.165, 1.54) is 18.7 Å². The molecular weight excluding hydrogens is 190 g/mol. The standard InChI is InChI=1S/C11H23N3O/c1-14(9-10-15-2)8-7-13-11-5-3-4-6-12-11/h3-10H2,1-2H3,(H,12,13). The molecule has 0 aromatic heterocycles. The van der Waals surface area contributed by atoms with Crippen LogP contribution >= 0.6 is 0 Å². The fraction of sp³-hybridized carbons (Fsp3) is 0.909. The smallest absolute Gasteiger partial charge is 0.0963 e. The molecule has 0 saturated carbocycles. The fourth-order valence-electron chi connectivity index (χ4n) is 1.59. The van der Waals surface area contributed by atoms with Crippen LogP contribution in [0.5, 0.6) is 0 Å². The second kappa shape index (κ2) is 7.65. The summed E-state index contributed by atoms with van der Waals surface area (Å²) < 4.78 is 5.02. The minimum absolute atomic E-state index is 0.803. The molecular formula is C11H23N3O. The first-order valence-corrected chi connectivity index (χ1v) is 5.77. The molecule has 0 unspecified atom stereocenters. The maximum atomic E-state index is 5.02. The molecule has 4 heteroatoms. The highest BCUT2D eigenvalue weighted by Gasteiger charge is 2.04. The quantitative estimate of drug-likeness (QED) is 0.707. The number of aliphatic imine (C=N–C) groups is 1. The van der Waals surface area contributed by atoms with E-state index in [0.717, 1.165) is 39.2 Å². The van der Waals surface area contributed by atoms with Gasteiger partial charge in [0, 0.05) is 39.7 Å². The second-order valence-electron chi connectivity index (χ2n) is 4.01. The van der Waals surface area contributed by atoms with E-state index < -0.39 is 0 Å². The van der Waals surface area contributed by atoms with Gasteiger partial charge >= 0.3 is 0 Å². The Labute approximate surface area is 92.7 Å².